The monoisotopic (exact) mass is 364 g/mol. The average Bonchev–Trinajstić information content (AvgIpc) is 3.40. The second kappa shape index (κ2) is 7.52. The maximum Gasteiger partial charge on any atom is 0.191 e. The van der Waals surface area contributed by atoms with Crippen LogP contribution < -0.4 is 5.73 Å². The van der Waals surface area contributed by atoms with Crippen molar-refractivity contribution in [3.8, 4) is 0 Å². The third-order valence-corrected chi connectivity index (χ3v) is 5.28. The van der Waals surface area contributed by atoms with Crippen LogP contribution in [0, 0.1) is 0 Å². The molecule has 138 valence electrons. The van der Waals surface area contributed by atoms with E-state index >= 15 is 0 Å². The Morgan fingerprint density at radius 3 is 2.68 bits per heavy atom. The van der Waals surface area contributed by atoms with E-state index in [4.69, 9.17) is 27.1 Å². The fourth-order valence-electron chi connectivity index (χ4n) is 3.38. The van der Waals surface area contributed by atoms with Crippen LogP contribution in [0.4, 0.5) is 0 Å². The summed E-state index contributed by atoms with van der Waals surface area (Å²) in [6.45, 7) is 7.41. The van der Waals surface area contributed by atoms with Gasteiger partial charge in [-0.1, -0.05) is 23.7 Å². The first-order valence-corrected chi connectivity index (χ1v) is 9.40. The lowest BCUT2D eigenvalue weighted by Crippen LogP contribution is -2.50. The lowest BCUT2D eigenvalue weighted by atomic mass is 10.0. The van der Waals surface area contributed by atoms with Crippen molar-refractivity contribution < 1.29 is 4.74 Å². The van der Waals surface area contributed by atoms with Gasteiger partial charge >= 0.3 is 0 Å². The zero-order chi connectivity index (χ0) is 18.0. The summed E-state index contributed by atoms with van der Waals surface area (Å²) in [5.74, 6) is 0.633. The van der Waals surface area contributed by atoms with Crippen LogP contribution in [0.1, 0.15) is 38.3 Å². The molecule has 5 nitrogen and oxygen atoms in total. The Morgan fingerprint density at radius 2 is 2.08 bits per heavy atom. The molecule has 1 aromatic rings. The zero-order valence-electron chi connectivity index (χ0n) is 15.4. The minimum Gasteiger partial charge on any atom is -0.373 e. The second-order valence-corrected chi connectivity index (χ2v) is 8.12. The zero-order valence-corrected chi connectivity index (χ0v) is 16.2. The fourth-order valence-corrected chi connectivity index (χ4v) is 3.50. The Hall–Kier alpha value is -1.30. The molecule has 1 aliphatic carbocycles. The molecule has 0 amide bonds. The third kappa shape index (κ3) is 4.87. The number of hydrogen-bond donors (Lipinski definition) is 1. The quantitative estimate of drug-likeness (QED) is 0.644. The highest BCUT2D eigenvalue weighted by Crippen LogP contribution is 2.29. The molecule has 0 aromatic heterocycles. The molecule has 1 unspecified atom stereocenters. The molecular formula is C19H29ClN4O. The van der Waals surface area contributed by atoms with Crippen LogP contribution in [0.3, 0.4) is 0 Å². The van der Waals surface area contributed by atoms with Crippen molar-refractivity contribution in [1.82, 2.24) is 9.80 Å². The van der Waals surface area contributed by atoms with Gasteiger partial charge in [0.05, 0.1) is 24.8 Å². The topological polar surface area (TPSA) is 54.1 Å². The first kappa shape index (κ1) is 18.5. The summed E-state index contributed by atoms with van der Waals surface area (Å²) in [5, 5.41) is 0.751. The van der Waals surface area contributed by atoms with Gasteiger partial charge in [-0.25, -0.2) is 0 Å². The van der Waals surface area contributed by atoms with Crippen LogP contribution >= 0.6 is 11.6 Å². The molecule has 0 spiro atoms. The Kier molecular flexibility index (Phi) is 5.56. The highest BCUT2D eigenvalue weighted by molar-refractivity contribution is 6.30. The van der Waals surface area contributed by atoms with E-state index in [0.29, 0.717) is 18.5 Å². The summed E-state index contributed by atoms with van der Waals surface area (Å²) in [7, 11) is 2.03. The van der Waals surface area contributed by atoms with E-state index < -0.39 is 0 Å². The maximum atomic E-state index is 6.20. The summed E-state index contributed by atoms with van der Waals surface area (Å²) < 4.78 is 5.87. The number of nitrogens with zero attached hydrogens (tertiary/aromatic N) is 3. The highest BCUT2D eigenvalue weighted by atomic mass is 35.5. The molecule has 0 bridgehead atoms. The summed E-state index contributed by atoms with van der Waals surface area (Å²) >= 11 is 6.07. The Bertz CT molecular complexity index is 612. The average molecular weight is 365 g/mol. The van der Waals surface area contributed by atoms with Crippen molar-refractivity contribution in [2.45, 2.75) is 44.4 Å². The molecule has 2 fully saturated rings. The number of hydrogen-bond acceptors (Lipinski definition) is 3. The number of ether oxygens (including phenoxy) is 1. The minimum absolute atomic E-state index is 0.150. The fraction of sp³-hybridized carbons (Fsp3) is 0.632. The number of halogens is 1. The lowest BCUT2D eigenvalue weighted by Gasteiger charge is -2.42. The molecule has 3 rings (SSSR count). The second-order valence-electron chi connectivity index (χ2n) is 7.69. The van der Waals surface area contributed by atoms with E-state index in [1.165, 1.54) is 18.4 Å². The molecular weight excluding hydrogens is 336 g/mol. The number of guanidine groups is 1. The molecule has 1 heterocycles. The molecule has 6 heteroatoms. The van der Waals surface area contributed by atoms with Gasteiger partial charge < -0.3 is 15.4 Å². The first-order chi connectivity index (χ1) is 11.9. The van der Waals surface area contributed by atoms with E-state index in [-0.39, 0.29) is 11.6 Å². The predicted octanol–water partition coefficient (Wildman–Crippen LogP) is 2.90. The number of benzene rings is 1. The van der Waals surface area contributed by atoms with Crippen LogP contribution in [0.15, 0.2) is 29.3 Å². The van der Waals surface area contributed by atoms with Gasteiger partial charge in [-0.15, -0.1) is 0 Å². The minimum atomic E-state index is -0.150. The molecule has 1 aromatic carbocycles. The number of aliphatic imine (C=N–C) groups is 1. The Balaban J connectivity index is 1.78. The van der Waals surface area contributed by atoms with Gasteiger partial charge in [0.2, 0.25) is 0 Å². The number of nitrogens with two attached hydrogens (primary N) is 1. The highest BCUT2D eigenvalue weighted by Gasteiger charge is 2.32. The summed E-state index contributed by atoms with van der Waals surface area (Å²) in [6, 6.07) is 8.81. The van der Waals surface area contributed by atoms with Crippen molar-refractivity contribution in [3.63, 3.8) is 0 Å². The molecule has 0 radical (unpaired) electrons. The van der Waals surface area contributed by atoms with Crippen molar-refractivity contribution in [1.29, 1.82) is 0 Å². The van der Waals surface area contributed by atoms with Crippen LogP contribution in [-0.4, -0.2) is 60.7 Å². The number of morpholine rings is 1. The van der Waals surface area contributed by atoms with E-state index in [1.54, 1.807) is 0 Å². The van der Waals surface area contributed by atoms with Crippen molar-refractivity contribution >= 4 is 17.6 Å². The molecule has 1 aliphatic heterocycles. The lowest BCUT2D eigenvalue weighted by molar-refractivity contribution is -0.0967. The maximum absolute atomic E-state index is 6.20. The van der Waals surface area contributed by atoms with Gasteiger partial charge in [-0.05, 0) is 44.4 Å². The van der Waals surface area contributed by atoms with E-state index in [1.807, 2.05) is 19.2 Å². The van der Waals surface area contributed by atoms with E-state index in [0.717, 1.165) is 24.7 Å². The molecule has 1 saturated carbocycles. The van der Waals surface area contributed by atoms with Crippen molar-refractivity contribution in [2.75, 3.05) is 33.3 Å². The van der Waals surface area contributed by atoms with E-state index in [2.05, 4.69) is 35.8 Å². The summed E-state index contributed by atoms with van der Waals surface area (Å²) in [4.78, 5) is 9.26. The Labute approximate surface area is 155 Å². The standard InChI is InChI=1S/C19H29ClN4O/c1-19(2)13-24(10-11-25-19)17(14-4-6-15(20)7-5-14)12-22-18(21)23(3)16-8-9-16/h4-7,16-17H,8-13H2,1-3H3,(H2,21,22). The van der Waals surface area contributed by atoms with Crippen molar-refractivity contribution in [2.24, 2.45) is 10.7 Å². The van der Waals surface area contributed by atoms with Crippen molar-refractivity contribution in [3.05, 3.63) is 34.9 Å². The smallest absolute Gasteiger partial charge is 0.191 e. The largest absolute Gasteiger partial charge is 0.373 e. The molecule has 2 aliphatic rings. The van der Waals surface area contributed by atoms with Gasteiger partial charge in [0, 0.05) is 31.2 Å². The molecule has 1 atom stereocenters. The van der Waals surface area contributed by atoms with Gasteiger partial charge in [0.25, 0.3) is 0 Å². The van der Waals surface area contributed by atoms with Crippen LogP contribution in [0.5, 0.6) is 0 Å². The van der Waals surface area contributed by atoms with Gasteiger partial charge in [0.1, 0.15) is 0 Å². The molecule has 1 saturated heterocycles. The van der Waals surface area contributed by atoms with E-state index in [9.17, 15) is 0 Å². The Morgan fingerprint density at radius 1 is 1.40 bits per heavy atom. The predicted molar refractivity (Wildman–Crippen MR) is 103 cm³/mol. The van der Waals surface area contributed by atoms with Crippen LogP contribution in [0.2, 0.25) is 5.02 Å². The third-order valence-electron chi connectivity index (χ3n) is 5.03. The number of rotatable bonds is 5. The van der Waals surface area contributed by atoms with Gasteiger partial charge in [-0.3, -0.25) is 9.89 Å². The van der Waals surface area contributed by atoms with Crippen LogP contribution in [0.25, 0.3) is 0 Å². The first-order valence-electron chi connectivity index (χ1n) is 9.02. The van der Waals surface area contributed by atoms with Gasteiger partial charge in [-0.2, -0.15) is 0 Å². The SMILES string of the molecule is CN(C(N)=NCC(c1ccc(Cl)cc1)N1CCOC(C)(C)C1)C1CC1. The van der Waals surface area contributed by atoms with Crippen LogP contribution in [-0.2, 0) is 4.74 Å². The van der Waals surface area contributed by atoms with Gasteiger partial charge in [0.15, 0.2) is 5.96 Å². The molecule has 25 heavy (non-hydrogen) atoms. The summed E-state index contributed by atoms with van der Waals surface area (Å²) in [5.41, 5.74) is 7.27. The normalized spacial score (nSPS) is 22.6. The molecule has 2 N–H and O–H groups in total. The summed E-state index contributed by atoms with van der Waals surface area (Å²) in [6.07, 6.45) is 2.43.